The van der Waals surface area contributed by atoms with Crippen LogP contribution in [0.25, 0.3) is 0 Å². The molecule has 0 aliphatic rings. The first-order valence-electron chi connectivity index (χ1n) is 3.74. The Hall–Kier alpha value is -0.810. The van der Waals surface area contributed by atoms with Gasteiger partial charge in [-0.3, -0.25) is 0 Å². The molecule has 0 unspecified atom stereocenters. The van der Waals surface area contributed by atoms with Crippen LogP contribution < -0.4 is 0 Å². The van der Waals surface area contributed by atoms with Gasteiger partial charge in [-0.1, -0.05) is 12.8 Å². The zero-order valence-electron chi connectivity index (χ0n) is 6.85. The number of rotatable bonds is 1. The zero-order chi connectivity index (χ0) is 8.10. The third kappa shape index (κ3) is 2.73. The summed E-state index contributed by atoms with van der Waals surface area (Å²) in [6.07, 6.45) is 2.09. The van der Waals surface area contributed by atoms with Crippen LogP contribution in [0.4, 0.5) is 0 Å². The first-order valence-corrected chi connectivity index (χ1v) is 4.62. The molecule has 0 fully saturated rings. The molecule has 0 amide bonds. The standard InChI is InChI=1S/C9H11NS/c1-3-4-5-6-9-10-8(2)7-11-9/h7H,3-4H2,1-2H3. The first kappa shape index (κ1) is 8.29. The smallest absolute Gasteiger partial charge is 0.167 e. The summed E-state index contributed by atoms with van der Waals surface area (Å²) < 4.78 is 0. The number of nitrogens with zero attached hydrogens (tertiary/aromatic N) is 1. The van der Waals surface area contributed by atoms with Crippen molar-refractivity contribution in [3.05, 3.63) is 16.1 Å². The van der Waals surface area contributed by atoms with Crippen molar-refractivity contribution >= 4 is 11.3 Å². The number of hydrogen-bond acceptors (Lipinski definition) is 2. The Morgan fingerprint density at radius 3 is 3.00 bits per heavy atom. The van der Waals surface area contributed by atoms with Gasteiger partial charge in [0.05, 0.1) is 0 Å². The summed E-state index contributed by atoms with van der Waals surface area (Å²) in [5.41, 5.74) is 1.07. The fraction of sp³-hybridized carbons (Fsp3) is 0.444. The van der Waals surface area contributed by atoms with E-state index in [0.717, 1.165) is 23.5 Å². The summed E-state index contributed by atoms with van der Waals surface area (Å²) in [5.74, 6) is 6.09. The monoisotopic (exact) mass is 165 g/mol. The summed E-state index contributed by atoms with van der Waals surface area (Å²) >= 11 is 1.62. The Balaban J connectivity index is 2.59. The van der Waals surface area contributed by atoms with Crippen molar-refractivity contribution in [1.82, 2.24) is 4.98 Å². The van der Waals surface area contributed by atoms with Crippen LogP contribution >= 0.6 is 11.3 Å². The normalized spacial score (nSPS) is 8.91. The summed E-state index contributed by atoms with van der Waals surface area (Å²) in [6.45, 7) is 4.11. The number of thiazole rings is 1. The maximum Gasteiger partial charge on any atom is 0.167 e. The summed E-state index contributed by atoms with van der Waals surface area (Å²) in [7, 11) is 0. The predicted octanol–water partition coefficient (Wildman–Crippen LogP) is 2.60. The zero-order valence-corrected chi connectivity index (χ0v) is 7.66. The van der Waals surface area contributed by atoms with Crippen LogP contribution in [0.5, 0.6) is 0 Å². The van der Waals surface area contributed by atoms with E-state index in [2.05, 4.69) is 23.7 Å². The third-order valence-electron chi connectivity index (χ3n) is 1.19. The van der Waals surface area contributed by atoms with Gasteiger partial charge in [-0.05, 0) is 19.3 Å². The van der Waals surface area contributed by atoms with Crippen molar-refractivity contribution in [2.24, 2.45) is 0 Å². The maximum absolute atomic E-state index is 4.23. The van der Waals surface area contributed by atoms with Gasteiger partial charge in [0.15, 0.2) is 5.01 Å². The molecule has 0 aliphatic carbocycles. The van der Waals surface area contributed by atoms with Crippen molar-refractivity contribution in [3.8, 4) is 11.8 Å². The van der Waals surface area contributed by atoms with E-state index in [1.54, 1.807) is 11.3 Å². The molecule has 0 spiro atoms. The van der Waals surface area contributed by atoms with E-state index >= 15 is 0 Å². The molecule has 2 heteroatoms. The van der Waals surface area contributed by atoms with Gasteiger partial charge >= 0.3 is 0 Å². The van der Waals surface area contributed by atoms with Crippen molar-refractivity contribution in [3.63, 3.8) is 0 Å². The number of aromatic nitrogens is 1. The van der Waals surface area contributed by atoms with E-state index in [1.165, 1.54) is 0 Å². The Labute approximate surface area is 71.5 Å². The lowest BCUT2D eigenvalue weighted by Crippen LogP contribution is -1.72. The lowest BCUT2D eigenvalue weighted by atomic mass is 10.3. The maximum atomic E-state index is 4.23. The average molecular weight is 165 g/mol. The molecule has 0 aliphatic heterocycles. The first-order chi connectivity index (χ1) is 5.33. The van der Waals surface area contributed by atoms with E-state index in [4.69, 9.17) is 0 Å². The molecule has 1 heterocycles. The van der Waals surface area contributed by atoms with E-state index in [0.29, 0.717) is 0 Å². The molecule has 1 aromatic heterocycles. The topological polar surface area (TPSA) is 12.9 Å². The SMILES string of the molecule is CCCC#Cc1nc(C)cs1. The molecular formula is C9H11NS. The van der Waals surface area contributed by atoms with E-state index < -0.39 is 0 Å². The lowest BCUT2D eigenvalue weighted by Gasteiger charge is -1.77. The second-order valence-electron chi connectivity index (χ2n) is 2.35. The van der Waals surface area contributed by atoms with Crippen molar-refractivity contribution in [2.45, 2.75) is 26.7 Å². The summed E-state index contributed by atoms with van der Waals surface area (Å²) in [6, 6.07) is 0. The molecule has 0 aromatic carbocycles. The van der Waals surface area contributed by atoms with Crippen LogP contribution in [-0.4, -0.2) is 4.98 Å². The largest absolute Gasteiger partial charge is 0.233 e. The van der Waals surface area contributed by atoms with Gasteiger partial charge in [-0.25, -0.2) is 4.98 Å². The molecule has 58 valence electrons. The summed E-state index contributed by atoms with van der Waals surface area (Å²) in [4.78, 5) is 4.23. The van der Waals surface area contributed by atoms with Gasteiger partial charge in [0.2, 0.25) is 0 Å². The molecule has 0 radical (unpaired) electrons. The highest BCUT2D eigenvalue weighted by molar-refractivity contribution is 7.10. The van der Waals surface area contributed by atoms with Crippen molar-refractivity contribution in [1.29, 1.82) is 0 Å². The molecule has 0 saturated heterocycles. The fourth-order valence-corrected chi connectivity index (χ4v) is 1.34. The Kier molecular flexibility index (Phi) is 3.13. The van der Waals surface area contributed by atoms with E-state index in [9.17, 15) is 0 Å². The van der Waals surface area contributed by atoms with E-state index in [-0.39, 0.29) is 0 Å². The highest BCUT2D eigenvalue weighted by Crippen LogP contribution is 2.06. The number of unbranched alkanes of at least 4 members (excludes halogenated alkanes) is 1. The lowest BCUT2D eigenvalue weighted by molar-refractivity contribution is 0.983. The highest BCUT2D eigenvalue weighted by Gasteiger charge is 1.90. The molecule has 1 aromatic rings. The molecule has 1 nitrogen and oxygen atoms in total. The highest BCUT2D eigenvalue weighted by atomic mass is 32.1. The fourth-order valence-electron chi connectivity index (χ4n) is 0.674. The molecular weight excluding hydrogens is 154 g/mol. The average Bonchev–Trinajstić information content (AvgIpc) is 2.37. The van der Waals surface area contributed by atoms with Crippen LogP contribution in [0, 0.1) is 18.8 Å². The molecule has 0 N–H and O–H groups in total. The number of aryl methyl sites for hydroxylation is 1. The molecule has 0 atom stereocenters. The molecule has 11 heavy (non-hydrogen) atoms. The minimum Gasteiger partial charge on any atom is -0.233 e. The van der Waals surface area contributed by atoms with Crippen LogP contribution in [0.15, 0.2) is 5.38 Å². The van der Waals surface area contributed by atoms with Gasteiger partial charge < -0.3 is 0 Å². The predicted molar refractivity (Wildman–Crippen MR) is 48.6 cm³/mol. The van der Waals surface area contributed by atoms with Crippen molar-refractivity contribution < 1.29 is 0 Å². The minimum absolute atomic E-state index is 0.941. The molecule has 0 saturated carbocycles. The Morgan fingerprint density at radius 2 is 2.45 bits per heavy atom. The minimum atomic E-state index is 0.941. The van der Waals surface area contributed by atoms with Crippen LogP contribution in [-0.2, 0) is 0 Å². The molecule has 1 rings (SSSR count). The van der Waals surface area contributed by atoms with Crippen LogP contribution in [0.2, 0.25) is 0 Å². The Morgan fingerprint density at radius 1 is 1.64 bits per heavy atom. The van der Waals surface area contributed by atoms with Gasteiger partial charge in [0, 0.05) is 17.5 Å². The third-order valence-corrected chi connectivity index (χ3v) is 2.06. The second kappa shape index (κ2) is 4.15. The Bertz CT molecular complexity index is 277. The van der Waals surface area contributed by atoms with Gasteiger partial charge in [0.1, 0.15) is 0 Å². The second-order valence-corrected chi connectivity index (χ2v) is 3.20. The summed E-state index contributed by atoms with van der Waals surface area (Å²) in [5, 5.41) is 2.96. The molecule has 0 bridgehead atoms. The van der Waals surface area contributed by atoms with Crippen LogP contribution in [0.3, 0.4) is 0 Å². The quantitative estimate of drug-likeness (QED) is 0.583. The van der Waals surface area contributed by atoms with Crippen LogP contribution in [0.1, 0.15) is 30.5 Å². The van der Waals surface area contributed by atoms with Gasteiger partial charge in [-0.2, -0.15) is 0 Å². The van der Waals surface area contributed by atoms with E-state index in [1.807, 2.05) is 12.3 Å². The van der Waals surface area contributed by atoms with Gasteiger partial charge in [0.25, 0.3) is 0 Å². The number of hydrogen-bond donors (Lipinski definition) is 0. The van der Waals surface area contributed by atoms with Crippen molar-refractivity contribution in [2.75, 3.05) is 0 Å². The van der Waals surface area contributed by atoms with Gasteiger partial charge in [-0.15, -0.1) is 11.3 Å².